The quantitative estimate of drug-likeness (QED) is 0.308. The lowest BCUT2D eigenvalue weighted by Gasteiger charge is -2.56. The second-order valence-corrected chi connectivity index (χ2v) is 17.3. The summed E-state index contributed by atoms with van der Waals surface area (Å²) in [6, 6.07) is 0.318. The van der Waals surface area contributed by atoms with Crippen molar-refractivity contribution in [2.45, 2.75) is 199 Å². The van der Waals surface area contributed by atoms with Gasteiger partial charge in [0.1, 0.15) is 11.6 Å². The van der Waals surface area contributed by atoms with Gasteiger partial charge in [0.15, 0.2) is 0 Å². The van der Waals surface area contributed by atoms with Gasteiger partial charge >= 0.3 is 0 Å². The van der Waals surface area contributed by atoms with Crippen LogP contribution in [0.5, 0.6) is 0 Å². The fourth-order valence-corrected chi connectivity index (χ4v) is 9.50. The fraction of sp³-hybridized carbons (Fsp3) is 0.919. The van der Waals surface area contributed by atoms with Crippen LogP contribution >= 0.6 is 0 Å². The normalized spacial score (nSPS) is 26.3. The van der Waals surface area contributed by atoms with Crippen LogP contribution in [0.4, 0.5) is 5.95 Å². The summed E-state index contributed by atoms with van der Waals surface area (Å²) in [5.41, 5.74) is 4.23. The van der Waals surface area contributed by atoms with Gasteiger partial charge in [-0.3, -0.25) is 9.68 Å². The minimum Gasteiger partial charge on any atom is -0.341 e. The van der Waals surface area contributed by atoms with E-state index in [-0.39, 0.29) is 22.2 Å². The lowest BCUT2D eigenvalue weighted by atomic mass is 9.74. The molecule has 2 saturated heterocycles. The molecule has 3 heterocycles. The van der Waals surface area contributed by atoms with Crippen LogP contribution in [0, 0.1) is 12.8 Å². The highest BCUT2D eigenvalue weighted by molar-refractivity contribution is 5.32. The van der Waals surface area contributed by atoms with Gasteiger partial charge in [0, 0.05) is 41.7 Å². The first kappa shape index (κ1) is 37.4. The number of hydrogen-bond donors (Lipinski definition) is 1. The van der Waals surface area contributed by atoms with Crippen molar-refractivity contribution < 1.29 is 9.68 Å². The summed E-state index contributed by atoms with van der Waals surface area (Å²) in [5.74, 6) is 3.03. The van der Waals surface area contributed by atoms with Crippen LogP contribution in [-0.2, 0) is 16.1 Å². The summed E-state index contributed by atoms with van der Waals surface area (Å²) >= 11 is 0. The molecule has 46 heavy (non-hydrogen) atoms. The first-order valence-electron chi connectivity index (χ1n) is 18.5. The van der Waals surface area contributed by atoms with Gasteiger partial charge in [0.05, 0.1) is 12.2 Å². The molecule has 1 aromatic heterocycles. The molecule has 0 radical (unpaired) electrons. The van der Waals surface area contributed by atoms with Crippen molar-refractivity contribution in [2.75, 3.05) is 19.0 Å². The summed E-state index contributed by atoms with van der Waals surface area (Å²) in [6.45, 7) is 20.8. The third-order valence-corrected chi connectivity index (χ3v) is 11.0. The molecule has 2 saturated carbocycles. The van der Waals surface area contributed by atoms with Crippen LogP contribution in [-0.4, -0.2) is 79.6 Å². The van der Waals surface area contributed by atoms with E-state index in [2.05, 4.69) is 83.2 Å². The molecule has 264 valence electrons. The van der Waals surface area contributed by atoms with Crippen molar-refractivity contribution in [1.82, 2.24) is 25.1 Å². The zero-order valence-electron chi connectivity index (χ0n) is 31.5. The molecule has 2 aliphatic heterocycles. The summed E-state index contributed by atoms with van der Waals surface area (Å²) in [6.07, 6.45) is 18.3. The predicted molar refractivity (Wildman–Crippen MR) is 188 cm³/mol. The monoisotopic (exact) mass is 644 g/mol. The number of aromatic nitrogens is 3. The largest absolute Gasteiger partial charge is 0.341 e. The van der Waals surface area contributed by atoms with Crippen LogP contribution in [0.2, 0.25) is 0 Å². The topological polar surface area (TPSA) is 92.9 Å². The van der Waals surface area contributed by atoms with Crippen molar-refractivity contribution in [3.05, 3.63) is 11.6 Å². The summed E-state index contributed by atoms with van der Waals surface area (Å²) < 4.78 is 0. The number of rotatable bonds is 8. The average Bonchev–Trinajstić information content (AvgIpc) is 2.97. The number of aryl methyl sites for hydroxylation is 1. The van der Waals surface area contributed by atoms with E-state index < -0.39 is 0 Å². The SMILES string of the molecule is CN.Cc1nc(CC2CC(C)(C)N(OC3CCCCC3)C(C)(C)C2)nc(N(C)C2CC(C)(C)N(OC3CCCCC3)C(C)(C)C2)n1. The third kappa shape index (κ3) is 8.99. The minimum absolute atomic E-state index is 0.0452. The van der Waals surface area contributed by atoms with E-state index in [4.69, 9.17) is 24.6 Å². The third-order valence-electron chi connectivity index (χ3n) is 11.0. The number of nitrogens with zero attached hydrogens (tertiary/aromatic N) is 6. The van der Waals surface area contributed by atoms with Crippen molar-refractivity contribution in [2.24, 2.45) is 11.7 Å². The number of hydrogen-bond acceptors (Lipinski definition) is 9. The molecule has 0 aromatic carbocycles. The molecule has 1 aromatic rings. The Morgan fingerprint density at radius 1 is 0.652 bits per heavy atom. The molecule has 2 aliphatic carbocycles. The first-order valence-corrected chi connectivity index (χ1v) is 18.5. The van der Waals surface area contributed by atoms with Gasteiger partial charge in [-0.25, -0.2) is 4.98 Å². The van der Waals surface area contributed by atoms with Crippen molar-refractivity contribution in [1.29, 1.82) is 0 Å². The summed E-state index contributed by atoms with van der Waals surface area (Å²) in [7, 11) is 3.68. The Morgan fingerprint density at radius 2 is 1.07 bits per heavy atom. The number of nitrogens with two attached hydrogens (primary N) is 1. The second-order valence-electron chi connectivity index (χ2n) is 17.3. The Hall–Kier alpha value is -1.39. The molecular weight excluding hydrogens is 574 g/mol. The molecule has 0 atom stereocenters. The molecule has 5 rings (SSSR count). The van der Waals surface area contributed by atoms with E-state index in [9.17, 15) is 0 Å². The molecule has 4 fully saturated rings. The Balaban J connectivity index is 0.00000235. The highest BCUT2D eigenvalue weighted by atomic mass is 16.7. The number of piperidine rings is 2. The molecule has 0 unspecified atom stereocenters. The standard InChI is InChI=1S/C36H64N6O2.CH5N/c1-26-37-31(21-27-22-33(2,3)41(34(4,5)23-27)43-29-17-13-11-14-18-29)39-32(38-26)40(10)28-24-35(6,7)42(36(8,9)25-28)44-30-19-15-12-16-20-30;1-2/h27-30H,11-25H2,1-10H3;2H2,1H3. The van der Waals surface area contributed by atoms with Gasteiger partial charge in [-0.15, -0.1) is 0 Å². The molecular formula is C37H69N7O2. The maximum absolute atomic E-state index is 6.76. The van der Waals surface area contributed by atoms with Gasteiger partial charge in [-0.2, -0.15) is 20.1 Å². The molecule has 4 aliphatic rings. The summed E-state index contributed by atoms with van der Waals surface area (Å²) in [4.78, 5) is 30.7. The number of anilines is 1. The average molecular weight is 644 g/mol. The Morgan fingerprint density at radius 3 is 1.50 bits per heavy atom. The Kier molecular flexibility index (Phi) is 12.2. The fourth-order valence-electron chi connectivity index (χ4n) is 9.50. The van der Waals surface area contributed by atoms with E-state index in [1.54, 1.807) is 0 Å². The maximum Gasteiger partial charge on any atom is 0.228 e. The Bertz CT molecular complexity index is 1070. The van der Waals surface area contributed by atoms with Gasteiger partial charge in [0.2, 0.25) is 5.95 Å². The molecule has 2 N–H and O–H groups in total. The van der Waals surface area contributed by atoms with Crippen LogP contribution in [0.1, 0.15) is 157 Å². The van der Waals surface area contributed by atoms with Gasteiger partial charge in [-0.1, -0.05) is 38.5 Å². The zero-order valence-corrected chi connectivity index (χ0v) is 31.5. The van der Waals surface area contributed by atoms with E-state index in [1.807, 2.05) is 6.92 Å². The van der Waals surface area contributed by atoms with Crippen LogP contribution < -0.4 is 10.6 Å². The molecule has 9 nitrogen and oxygen atoms in total. The lowest BCUT2D eigenvalue weighted by molar-refractivity contribution is -0.314. The predicted octanol–water partition coefficient (Wildman–Crippen LogP) is 7.55. The molecule has 9 heteroatoms. The zero-order chi connectivity index (χ0) is 33.9. The Labute approximate surface area is 281 Å². The van der Waals surface area contributed by atoms with Crippen molar-refractivity contribution >= 4 is 5.95 Å². The van der Waals surface area contributed by atoms with E-state index in [1.165, 1.54) is 71.3 Å². The van der Waals surface area contributed by atoms with Gasteiger partial charge < -0.3 is 10.6 Å². The van der Waals surface area contributed by atoms with E-state index in [0.717, 1.165) is 49.7 Å². The lowest BCUT2D eigenvalue weighted by Crippen LogP contribution is -2.64. The van der Waals surface area contributed by atoms with E-state index >= 15 is 0 Å². The highest BCUT2D eigenvalue weighted by Crippen LogP contribution is 2.45. The minimum atomic E-state index is -0.0894. The van der Waals surface area contributed by atoms with Gasteiger partial charge in [-0.05, 0) is 127 Å². The van der Waals surface area contributed by atoms with Crippen LogP contribution in [0.25, 0.3) is 0 Å². The summed E-state index contributed by atoms with van der Waals surface area (Å²) in [5, 5.41) is 4.70. The number of hydroxylamine groups is 4. The highest BCUT2D eigenvalue weighted by Gasteiger charge is 2.50. The van der Waals surface area contributed by atoms with Crippen molar-refractivity contribution in [3.8, 4) is 0 Å². The molecule has 0 spiro atoms. The van der Waals surface area contributed by atoms with Crippen LogP contribution in [0.15, 0.2) is 0 Å². The van der Waals surface area contributed by atoms with E-state index in [0.29, 0.717) is 24.2 Å². The first-order chi connectivity index (χ1) is 21.6. The van der Waals surface area contributed by atoms with Crippen LogP contribution in [0.3, 0.4) is 0 Å². The second kappa shape index (κ2) is 15.0. The van der Waals surface area contributed by atoms with Crippen molar-refractivity contribution in [3.63, 3.8) is 0 Å². The maximum atomic E-state index is 6.76. The van der Waals surface area contributed by atoms with Gasteiger partial charge in [0.25, 0.3) is 0 Å². The molecule has 0 bridgehead atoms. The smallest absolute Gasteiger partial charge is 0.228 e. The molecule has 0 amide bonds.